The minimum atomic E-state index is -3.65. The zero-order valence-electron chi connectivity index (χ0n) is 20.7. The van der Waals surface area contributed by atoms with Gasteiger partial charge in [0.15, 0.2) is 0 Å². The SMILES string of the molecule is COc1cc(C)c([C@@H](C)NC(=O)CN(c2c(C)cc(C)cc2C)S(C)(=O)=O)cc1C(C)C. The van der Waals surface area contributed by atoms with E-state index < -0.39 is 10.0 Å². The van der Waals surface area contributed by atoms with Crippen LogP contribution in [0.3, 0.4) is 0 Å². The number of nitrogens with zero attached hydrogens (tertiary/aromatic N) is 1. The molecule has 2 rings (SSSR count). The first-order chi connectivity index (χ1) is 14.8. The van der Waals surface area contributed by atoms with E-state index in [0.717, 1.165) is 45.4 Å². The molecule has 0 aliphatic rings. The summed E-state index contributed by atoms with van der Waals surface area (Å²) in [5.74, 6) is 0.734. The average molecular weight is 461 g/mol. The van der Waals surface area contributed by atoms with Crippen LogP contribution in [0.1, 0.15) is 66.1 Å². The molecule has 7 heteroatoms. The number of carbonyl (C=O) groups is 1. The van der Waals surface area contributed by atoms with Gasteiger partial charge in [-0.1, -0.05) is 31.5 Å². The molecular formula is C25H36N2O4S. The van der Waals surface area contributed by atoms with Crippen LogP contribution in [-0.2, 0) is 14.8 Å². The average Bonchev–Trinajstić information content (AvgIpc) is 2.64. The van der Waals surface area contributed by atoms with Crippen LogP contribution in [0.5, 0.6) is 5.75 Å². The first kappa shape index (κ1) is 25.7. The van der Waals surface area contributed by atoms with E-state index in [1.54, 1.807) is 7.11 Å². The van der Waals surface area contributed by atoms with E-state index in [4.69, 9.17) is 4.74 Å². The van der Waals surface area contributed by atoms with Crippen molar-refractivity contribution in [3.8, 4) is 5.75 Å². The second-order valence-electron chi connectivity index (χ2n) is 8.91. The maximum atomic E-state index is 13.0. The summed E-state index contributed by atoms with van der Waals surface area (Å²) in [5, 5.41) is 2.98. The van der Waals surface area contributed by atoms with Gasteiger partial charge in [0.1, 0.15) is 12.3 Å². The second kappa shape index (κ2) is 9.94. The highest BCUT2D eigenvalue weighted by atomic mass is 32.2. The number of anilines is 1. The molecule has 1 amide bonds. The van der Waals surface area contributed by atoms with Gasteiger partial charge in [0, 0.05) is 0 Å². The molecule has 0 aromatic heterocycles. The molecular weight excluding hydrogens is 424 g/mol. The van der Waals surface area contributed by atoms with Crippen LogP contribution < -0.4 is 14.4 Å². The molecule has 0 bridgehead atoms. The lowest BCUT2D eigenvalue weighted by atomic mass is 9.93. The van der Waals surface area contributed by atoms with Gasteiger partial charge in [-0.05, 0) is 80.5 Å². The zero-order valence-corrected chi connectivity index (χ0v) is 21.5. The van der Waals surface area contributed by atoms with Gasteiger partial charge in [-0.15, -0.1) is 0 Å². The van der Waals surface area contributed by atoms with Gasteiger partial charge in [0.05, 0.1) is 25.1 Å². The molecule has 0 spiro atoms. The molecule has 1 atom stereocenters. The summed E-state index contributed by atoms with van der Waals surface area (Å²) >= 11 is 0. The van der Waals surface area contributed by atoms with Crippen molar-refractivity contribution in [1.82, 2.24) is 5.32 Å². The maximum absolute atomic E-state index is 13.0. The number of rotatable bonds is 8. The fourth-order valence-corrected chi connectivity index (χ4v) is 5.20. The van der Waals surface area contributed by atoms with Crippen molar-refractivity contribution >= 4 is 21.6 Å². The number of hydrogen-bond acceptors (Lipinski definition) is 4. The van der Waals surface area contributed by atoms with Crippen molar-refractivity contribution in [2.75, 3.05) is 24.2 Å². The van der Waals surface area contributed by atoms with Gasteiger partial charge in [0.25, 0.3) is 0 Å². The number of methoxy groups -OCH3 is 1. The fourth-order valence-electron chi connectivity index (χ4n) is 4.23. The molecule has 0 unspecified atom stereocenters. The van der Waals surface area contributed by atoms with Crippen LogP contribution in [-0.4, -0.2) is 34.2 Å². The monoisotopic (exact) mass is 460 g/mol. The molecule has 0 saturated heterocycles. The van der Waals surface area contributed by atoms with Crippen molar-refractivity contribution in [3.63, 3.8) is 0 Å². The Morgan fingerprint density at radius 3 is 2.00 bits per heavy atom. The Morgan fingerprint density at radius 1 is 0.969 bits per heavy atom. The highest BCUT2D eigenvalue weighted by Crippen LogP contribution is 2.32. The summed E-state index contributed by atoms with van der Waals surface area (Å²) in [6.45, 7) is 13.5. The second-order valence-corrected chi connectivity index (χ2v) is 10.8. The lowest BCUT2D eigenvalue weighted by Crippen LogP contribution is -2.41. The lowest BCUT2D eigenvalue weighted by Gasteiger charge is -2.27. The smallest absolute Gasteiger partial charge is 0.241 e. The number of benzene rings is 2. The van der Waals surface area contributed by atoms with Gasteiger partial charge in [-0.2, -0.15) is 0 Å². The van der Waals surface area contributed by atoms with Gasteiger partial charge < -0.3 is 10.1 Å². The van der Waals surface area contributed by atoms with E-state index in [2.05, 4.69) is 25.2 Å². The molecule has 176 valence electrons. The van der Waals surface area contributed by atoms with Crippen LogP contribution in [0.25, 0.3) is 0 Å². The Balaban J connectivity index is 2.33. The normalized spacial score (nSPS) is 12.6. The number of sulfonamides is 1. The lowest BCUT2D eigenvalue weighted by molar-refractivity contribution is -0.120. The van der Waals surface area contributed by atoms with Gasteiger partial charge in [0.2, 0.25) is 15.9 Å². The highest BCUT2D eigenvalue weighted by molar-refractivity contribution is 7.92. The molecule has 2 aromatic rings. The molecule has 0 saturated carbocycles. The van der Waals surface area contributed by atoms with Crippen molar-refractivity contribution in [1.29, 1.82) is 0 Å². The van der Waals surface area contributed by atoms with Gasteiger partial charge in [-0.25, -0.2) is 8.42 Å². The Morgan fingerprint density at radius 2 is 1.53 bits per heavy atom. The van der Waals surface area contributed by atoms with Gasteiger partial charge >= 0.3 is 0 Å². The Labute approximate surface area is 193 Å². The van der Waals surface area contributed by atoms with Crippen LogP contribution in [0.2, 0.25) is 0 Å². The molecule has 0 heterocycles. The Bertz CT molecular complexity index is 1080. The number of ether oxygens (including phenoxy) is 1. The molecule has 0 aliphatic heterocycles. The van der Waals surface area contributed by atoms with Gasteiger partial charge in [-0.3, -0.25) is 9.10 Å². The highest BCUT2D eigenvalue weighted by Gasteiger charge is 2.25. The third kappa shape index (κ3) is 5.82. The Kier molecular flexibility index (Phi) is 7.99. The summed E-state index contributed by atoms with van der Waals surface area (Å²) in [6.07, 6.45) is 1.13. The molecule has 6 nitrogen and oxygen atoms in total. The van der Waals surface area contributed by atoms with Crippen molar-refractivity contribution in [3.05, 3.63) is 57.6 Å². The van der Waals surface area contributed by atoms with E-state index in [1.165, 1.54) is 4.31 Å². The first-order valence-electron chi connectivity index (χ1n) is 10.8. The minimum absolute atomic E-state index is 0.264. The van der Waals surface area contributed by atoms with E-state index >= 15 is 0 Å². The van der Waals surface area contributed by atoms with Crippen LogP contribution in [0, 0.1) is 27.7 Å². The molecule has 0 fully saturated rings. The predicted octanol–water partition coefficient (Wildman–Crippen LogP) is 4.70. The van der Waals surface area contributed by atoms with Crippen molar-refractivity contribution < 1.29 is 17.9 Å². The Hall–Kier alpha value is -2.54. The van der Waals surface area contributed by atoms with E-state index in [0.29, 0.717) is 5.69 Å². The fraction of sp³-hybridized carbons (Fsp3) is 0.480. The summed E-state index contributed by atoms with van der Waals surface area (Å²) < 4.78 is 31.9. The predicted molar refractivity (Wildman–Crippen MR) is 131 cm³/mol. The number of amides is 1. The summed E-state index contributed by atoms with van der Waals surface area (Å²) in [7, 11) is -2.00. The summed E-state index contributed by atoms with van der Waals surface area (Å²) in [4.78, 5) is 13.0. The van der Waals surface area contributed by atoms with Crippen LogP contribution >= 0.6 is 0 Å². The molecule has 0 radical (unpaired) electrons. The molecule has 32 heavy (non-hydrogen) atoms. The minimum Gasteiger partial charge on any atom is -0.496 e. The van der Waals surface area contributed by atoms with Crippen molar-refractivity contribution in [2.24, 2.45) is 0 Å². The van der Waals surface area contributed by atoms with E-state index in [9.17, 15) is 13.2 Å². The third-order valence-corrected chi connectivity index (χ3v) is 6.77. The standard InChI is InChI=1S/C25H36N2O4S/c1-15(2)21-13-22(17(4)12-23(21)31-8)20(7)26-24(28)14-27(32(9,29)30)25-18(5)10-16(3)11-19(25)6/h10-13,15,20H,14H2,1-9H3,(H,26,28)/t20-/m1/s1. The summed E-state index contributed by atoms with van der Waals surface area (Å²) in [5.41, 5.74) is 6.30. The van der Waals surface area contributed by atoms with Crippen molar-refractivity contribution in [2.45, 2.75) is 60.4 Å². The van der Waals surface area contributed by atoms with Crippen LogP contribution in [0.15, 0.2) is 24.3 Å². The topological polar surface area (TPSA) is 75.7 Å². The molecule has 2 aromatic carbocycles. The van der Waals surface area contributed by atoms with E-state index in [-0.39, 0.29) is 24.4 Å². The maximum Gasteiger partial charge on any atom is 0.241 e. The molecule has 0 aliphatic carbocycles. The third-order valence-electron chi connectivity index (χ3n) is 5.66. The number of nitrogens with one attached hydrogen (secondary N) is 1. The summed E-state index contributed by atoms with van der Waals surface area (Å²) in [6, 6.07) is 7.61. The number of aryl methyl sites for hydroxylation is 4. The van der Waals surface area contributed by atoms with E-state index in [1.807, 2.05) is 52.8 Å². The molecule has 1 N–H and O–H groups in total. The quantitative estimate of drug-likeness (QED) is 0.620. The van der Waals surface area contributed by atoms with Crippen LogP contribution in [0.4, 0.5) is 5.69 Å². The first-order valence-corrected chi connectivity index (χ1v) is 12.6. The largest absolute Gasteiger partial charge is 0.496 e. The number of hydrogen-bond donors (Lipinski definition) is 1. The number of carbonyl (C=O) groups excluding carboxylic acids is 1. The zero-order chi connectivity index (χ0) is 24.4.